The molecule has 2 nitrogen and oxygen atoms in total. The van der Waals surface area contributed by atoms with Crippen molar-refractivity contribution in [1.29, 1.82) is 0 Å². The van der Waals surface area contributed by atoms with Crippen LogP contribution in [0.1, 0.15) is 12.8 Å². The summed E-state index contributed by atoms with van der Waals surface area (Å²) >= 11 is 0. The molecule has 0 N–H and O–H groups in total. The fourth-order valence-corrected chi connectivity index (χ4v) is 1.61. The summed E-state index contributed by atoms with van der Waals surface area (Å²) in [7, 11) is 0. The van der Waals surface area contributed by atoms with Crippen LogP contribution < -0.4 is 0 Å². The average Bonchev–Trinajstić information content (AvgIpc) is 1.77. The molecule has 2 bridgehead atoms. The minimum Gasteiger partial charge on any atom is -0.459 e. The van der Waals surface area contributed by atoms with E-state index in [0.29, 0.717) is 11.8 Å². The Morgan fingerprint density at radius 1 is 1.50 bits per heavy atom. The molecule has 0 aromatic heterocycles. The lowest BCUT2D eigenvalue weighted by atomic mass is 9.53. The normalized spacial score (nSPS) is 41.0. The van der Waals surface area contributed by atoms with Gasteiger partial charge >= 0.3 is 5.97 Å². The van der Waals surface area contributed by atoms with Crippen molar-refractivity contribution >= 4 is 5.97 Å². The van der Waals surface area contributed by atoms with Crippen LogP contribution in [0.5, 0.6) is 0 Å². The van der Waals surface area contributed by atoms with Gasteiger partial charge < -0.3 is 4.74 Å². The van der Waals surface area contributed by atoms with Gasteiger partial charge in [0.1, 0.15) is 6.10 Å². The molecule has 0 heterocycles. The van der Waals surface area contributed by atoms with Crippen LogP contribution >= 0.6 is 0 Å². The Bertz CT molecular complexity index is 172. The Morgan fingerprint density at radius 3 is 2.40 bits per heavy atom. The van der Waals surface area contributed by atoms with Crippen molar-refractivity contribution in [2.45, 2.75) is 18.9 Å². The van der Waals surface area contributed by atoms with E-state index < -0.39 is 0 Å². The zero-order valence-electron chi connectivity index (χ0n) is 5.75. The van der Waals surface area contributed by atoms with E-state index in [1.165, 1.54) is 18.9 Å². The predicted octanol–water partition coefficient (Wildman–Crippen LogP) is 1.12. The van der Waals surface area contributed by atoms with Gasteiger partial charge in [0.25, 0.3) is 0 Å². The van der Waals surface area contributed by atoms with E-state index >= 15 is 0 Å². The van der Waals surface area contributed by atoms with Crippen LogP contribution in [0, 0.1) is 11.8 Å². The summed E-state index contributed by atoms with van der Waals surface area (Å²) in [6, 6.07) is 0. The molecule has 0 spiro atoms. The lowest BCUT2D eigenvalue weighted by Gasteiger charge is -2.56. The summed E-state index contributed by atoms with van der Waals surface area (Å²) < 4.78 is 5.04. The highest BCUT2D eigenvalue weighted by Gasteiger charge is 2.54. The molecule has 3 rings (SSSR count). The van der Waals surface area contributed by atoms with E-state index in [2.05, 4.69) is 6.58 Å². The van der Waals surface area contributed by atoms with Gasteiger partial charge in [0.05, 0.1) is 0 Å². The molecule has 10 heavy (non-hydrogen) atoms. The van der Waals surface area contributed by atoms with Crippen molar-refractivity contribution in [2.75, 3.05) is 0 Å². The standard InChI is InChI=1S/C8H10O2/c1-2-7(9)10-8-5-3-6(8)4-5/h2,5-6,8H,1,3-4H2. The van der Waals surface area contributed by atoms with Gasteiger partial charge in [-0.25, -0.2) is 4.79 Å². The third-order valence-corrected chi connectivity index (χ3v) is 2.56. The number of carbonyl (C=O) groups excluding carboxylic acids is 1. The van der Waals surface area contributed by atoms with Gasteiger partial charge in [0.2, 0.25) is 0 Å². The smallest absolute Gasteiger partial charge is 0.330 e. The number of hydrogen-bond acceptors (Lipinski definition) is 2. The lowest BCUT2D eigenvalue weighted by Crippen LogP contribution is -2.56. The first-order valence-electron chi connectivity index (χ1n) is 3.64. The van der Waals surface area contributed by atoms with Crippen LogP contribution in [0.3, 0.4) is 0 Å². The molecule has 0 aromatic carbocycles. The number of carbonyl (C=O) groups is 1. The molecule has 0 unspecified atom stereocenters. The second-order valence-corrected chi connectivity index (χ2v) is 3.10. The van der Waals surface area contributed by atoms with Crippen LogP contribution in [0.2, 0.25) is 0 Å². The molecule has 0 aromatic rings. The first-order valence-corrected chi connectivity index (χ1v) is 3.64. The largest absolute Gasteiger partial charge is 0.459 e. The Kier molecular flexibility index (Phi) is 1.10. The number of esters is 1. The summed E-state index contributed by atoms with van der Waals surface area (Å²) in [4.78, 5) is 10.6. The predicted molar refractivity (Wildman–Crippen MR) is 36.3 cm³/mol. The first-order chi connectivity index (χ1) is 4.81. The molecular weight excluding hydrogens is 128 g/mol. The van der Waals surface area contributed by atoms with Gasteiger partial charge in [-0.15, -0.1) is 0 Å². The van der Waals surface area contributed by atoms with E-state index in [1.54, 1.807) is 0 Å². The molecule has 0 atom stereocenters. The molecule has 0 radical (unpaired) electrons. The van der Waals surface area contributed by atoms with Gasteiger partial charge in [-0.2, -0.15) is 0 Å². The average molecular weight is 138 g/mol. The molecule has 0 aliphatic heterocycles. The molecule has 0 amide bonds. The van der Waals surface area contributed by atoms with E-state index in [9.17, 15) is 4.79 Å². The zero-order valence-corrected chi connectivity index (χ0v) is 5.75. The second kappa shape index (κ2) is 1.84. The highest BCUT2D eigenvalue weighted by atomic mass is 16.5. The van der Waals surface area contributed by atoms with Crippen molar-refractivity contribution in [3.8, 4) is 0 Å². The summed E-state index contributed by atoms with van der Waals surface area (Å²) in [5, 5.41) is 0. The van der Waals surface area contributed by atoms with Crippen molar-refractivity contribution in [3.63, 3.8) is 0 Å². The molecule has 3 saturated carbocycles. The van der Waals surface area contributed by atoms with Crippen LogP contribution in [-0.4, -0.2) is 12.1 Å². The molecular formula is C8H10O2. The highest BCUT2D eigenvalue weighted by Crippen LogP contribution is 2.55. The Morgan fingerprint density at radius 2 is 2.10 bits per heavy atom. The third-order valence-electron chi connectivity index (χ3n) is 2.56. The fourth-order valence-electron chi connectivity index (χ4n) is 1.61. The quantitative estimate of drug-likeness (QED) is 0.422. The van der Waals surface area contributed by atoms with Crippen molar-refractivity contribution < 1.29 is 9.53 Å². The molecule has 3 aliphatic carbocycles. The van der Waals surface area contributed by atoms with E-state index in [0.717, 1.165) is 0 Å². The molecule has 3 aliphatic rings. The Balaban J connectivity index is 1.82. The lowest BCUT2D eigenvalue weighted by molar-refractivity contribution is -0.192. The monoisotopic (exact) mass is 138 g/mol. The maximum Gasteiger partial charge on any atom is 0.330 e. The summed E-state index contributed by atoms with van der Waals surface area (Å²) in [5.74, 6) is 1.11. The van der Waals surface area contributed by atoms with Crippen LogP contribution in [0.15, 0.2) is 12.7 Å². The van der Waals surface area contributed by atoms with E-state index in [4.69, 9.17) is 4.74 Å². The van der Waals surface area contributed by atoms with Gasteiger partial charge in [-0.1, -0.05) is 6.58 Å². The molecule has 2 heteroatoms. The minimum absolute atomic E-state index is 0.255. The maximum atomic E-state index is 10.6. The summed E-state index contributed by atoms with van der Waals surface area (Å²) in [6.07, 6.45) is 4.03. The van der Waals surface area contributed by atoms with Crippen LogP contribution in [0.4, 0.5) is 0 Å². The first kappa shape index (κ1) is 5.96. The second-order valence-electron chi connectivity index (χ2n) is 3.10. The van der Waals surface area contributed by atoms with Gasteiger partial charge in [-0.05, 0) is 24.7 Å². The summed E-state index contributed by atoms with van der Waals surface area (Å²) in [5.41, 5.74) is 0. The molecule has 54 valence electrons. The van der Waals surface area contributed by atoms with Crippen LogP contribution in [0.25, 0.3) is 0 Å². The number of rotatable bonds is 2. The number of ether oxygens (including phenoxy) is 1. The fraction of sp³-hybridized carbons (Fsp3) is 0.625. The minimum atomic E-state index is -0.264. The topological polar surface area (TPSA) is 26.3 Å². The van der Waals surface area contributed by atoms with E-state index in [-0.39, 0.29) is 12.1 Å². The van der Waals surface area contributed by atoms with Crippen molar-refractivity contribution in [3.05, 3.63) is 12.7 Å². The third kappa shape index (κ3) is 0.618. The van der Waals surface area contributed by atoms with Gasteiger partial charge in [0.15, 0.2) is 0 Å². The van der Waals surface area contributed by atoms with Crippen molar-refractivity contribution in [1.82, 2.24) is 0 Å². The number of hydrogen-bond donors (Lipinski definition) is 0. The Hall–Kier alpha value is -0.790. The molecule has 3 fully saturated rings. The van der Waals surface area contributed by atoms with Gasteiger partial charge in [0, 0.05) is 6.08 Å². The Labute approximate surface area is 59.9 Å². The zero-order chi connectivity index (χ0) is 7.14. The van der Waals surface area contributed by atoms with Gasteiger partial charge in [-0.3, -0.25) is 0 Å². The summed E-state index contributed by atoms with van der Waals surface area (Å²) in [6.45, 7) is 3.34. The maximum absolute atomic E-state index is 10.6. The highest BCUT2D eigenvalue weighted by molar-refractivity contribution is 5.81. The SMILES string of the molecule is C=CC(=O)OC1C2CC1C2. The van der Waals surface area contributed by atoms with E-state index in [1.807, 2.05) is 0 Å². The van der Waals surface area contributed by atoms with Crippen LogP contribution in [-0.2, 0) is 9.53 Å². The molecule has 0 saturated heterocycles. The van der Waals surface area contributed by atoms with Crippen molar-refractivity contribution in [2.24, 2.45) is 11.8 Å².